The summed E-state index contributed by atoms with van der Waals surface area (Å²) >= 11 is 2.69. The van der Waals surface area contributed by atoms with Crippen LogP contribution in [0.15, 0.2) is 6.20 Å². The summed E-state index contributed by atoms with van der Waals surface area (Å²) in [5, 5.41) is 32.6. The maximum Gasteiger partial charge on any atom is 0.245 e. The molecule has 1 unspecified atom stereocenters. The molecule has 1 fully saturated rings. The molecule has 1 aliphatic heterocycles. The SMILES string of the molecule is N#C[C@@]1(c2cnc3c(N)nc(N)nn23)O[C@H](CO)[C@H](O)C1(F)Br. The van der Waals surface area contributed by atoms with Gasteiger partial charge in [-0.2, -0.15) is 10.2 Å². The van der Waals surface area contributed by atoms with Crippen LogP contribution in [0.5, 0.6) is 0 Å². The van der Waals surface area contributed by atoms with Gasteiger partial charge in [-0.25, -0.2) is 13.9 Å². The van der Waals surface area contributed by atoms with Crippen molar-refractivity contribution in [3.8, 4) is 6.07 Å². The predicted octanol–water partition coefficient (Wildman–Crippen LogP) is -1.18. The minimum absolute atomic E-state index is 0.0395. The topological polar surface area (TPSA) is 169 Å². The quantitative estimate of drug-likeness (QED) is 0.463. The minimum atomic E-state index is -2.73. The molecular weight excluding hydrogens is 377 g/mol. The van der Waals surface area contributed by atoms with E-state index in [1.54, 1.807) is 6.07 Å². The second-order valence-corrected chi connectivity index (χ2v) is 6.09. The van der Waals surface area contributed by atoms with E-state index in [0.29, 0.717) is 0 Å². The monoisotopic (exact) mass is 387 g/mol. The Kier molecular flexibility index (Phi) is 3.41. The van der Waals surface area contributed by atoms with Gasteiger partial charge < -0.3 is 26.4 Å². The molecule has 2 aromatic rings. The third kappa shape index (κ3) is 1.91. The Labute approximate surface area is 136 Å². The van der Waals surface area contributed by atoms with Crippen LogP contribution in [-0.2, 0) is 10.3 Å². The lowest BCUT2D eigenvalue weighted by Gasteiger charge is -2.28. The highest BCUT2D eigenvalue weighted by molar-refractivity contribution is 9.10. The molecular formula is C11H11BrFN7O3. The molecule has 4 atom stereocenters. The van der Waals surface area contributed by atoms with Gasteiger partial charge in [0.1, 0.15) is 24.0 Å². The zero-order valence-corrected chi connectivity index (χ0v) is 13.0. The molecule has 0 bridgehead atoms. The highest BCUT2D eigenvalue weighted by atomic mass is 79.9. The molecule has 1 saturated heterocycles. The zero-order valence-electron chi connectivity index (χ0n) is 11.4. The van der Waals surface area contributed by atoms with E-state index in [4.69, 9.17) is 16.2 Å². The molecule has 10 nitrogen and oxygen atoms in total. The van der Waals surface area contributed by atoms with Crippen LogP contribution in [0.4, 0.5) is 16.2 Å². The molecule has 1 aliphatic rings. The number of imidazole rings is 1. The van der Waals surface area contributed by atoms with Gasteiger partial charge in [-0.1, -0.05) is 0 Å². The van der Waals surface area contributed by atoms with Gasteiger partial charge in [0.25, 0.3) is 0 Å². The first-order valence-electron chi connectivity index (χ1n) is 6.31. The van der Waals surface area contributed by atoms with E-state index < -0.39 is 29.0 Å². The Hall–Kier alpha value is -2.07. The maximum atomic E-state index is 15.1. The molecule has 0 radical (unpaired) electrons. The van der Waals surface area contributed by atoms with Gasteiger partial charge >= 0.3 is 0 Å². The number of nitrogens with two attached hydrogens (primary N) is 2. The van der Waals surface area contributed by atoms with Gasteiger partial charge in [-0.15, -0.1) is 5.10 Å². The Bertz CT molecular complexity index is 822. The van der Waals surface area contributed by atoms with Crippen LogP contribution >= 0.6 is 15.9 Å². The molecule has 2 aromatic heterocycles. The van der Waals surface area contributed by atoms with Crippen molar-refractivity contribution in [1.29, 1.82) is 5.26 Å². The van der Waals surface area contributed by atoms with Crippen molar-refractivity contribution in [1.82, 2.24) is 19.6 Å². The maximum absolute atomic E-state index is 15.1. The number of aromatic nitrogens is 4. The lowest BCUT2D eigenvalue weighted by atomic mass is 9.94. The number of halogens is 2. The molecule has 0 aromatic carbocycles. The lowest BCUT2D eigenvalue weighted by molar-refractivity contribution is -0.0588. The van der Waals surface area contributed by atoms with E-state index in [1.165, 1.54) is 0 Å². The van der Waals surface area contributed by atoms with Gasteiger partial charge in [-0.05, 0) is 15.9 Å². The molecule has 3 heterocycles. The largest absolute Gasteiger partial charge is 0.394 e. The van der Waals surface area contributed by atoms with Gasteiger partial charge in [0.05, 0.1) is 12.8 Å². The Morgan fingerprint density at radius 2 is 2.26 bits per heavy atom. The summed E-state index contributed by atoms with van der Waals surface area (Å²) in [5.74, 6) is -0.299. The number of nitrogen functional groups attached to an aromatic ring is 2. The first kappa shape index (κ1) is 15.8. The predicted molar refractivity (Wildman–Crippen MR) is 77.6 cm³/mol. The summed E-state index contributed by atoms with van der Waals surface area (Å²) in [4.78, 5) is 7.65. The van der Waals surface area contributed by atoms with Crippen LogP contribution in [0, 0.1) is 11.3 Å². The Morgan fingerprint density at radius 3 is 2.83 bits per heavy atom. The lowest BCUT2D eigenvalue weighted by Crippen LogP contribution is -2.46. The number of nitriles is 1. The number of fused-ring (bicyclic) bond motifs is 1. The van der Waals surface area contributed by atoms with Crippen LogP contribution in [0.2, 0.25) is 0 Å². The van der Waals surface area contributed by atoms with Crippen LogP contribution in [-0.4, -0.2) is 53.2 Å². The summed E-state index contributed by atoms with van der Waals surface area (Å²) in [6.07, 6.45) is -2.03. The number of ether oxygens (including phenoxy) is 1. The van der Waals surface area contributed by atoms with Crippen molar-refractivity contribution in [2.24, 2.45) is 0 Å². The van der Waals surface area contributed by atoms with Gasteiger partial charge in [0, 0.05) is 0 Å². The van der Waals surface area contributed by atoms with Crippen molar-refractivity contribution in [2.45, 2.75) is 22.4 Å². The molecule has 3 rings (SSSR count). The summed E-state index contributed by atoms with van der Waals surface area (Å²) in [6.45, 7) is -0.697. The first-order valence-corrected chi connectivity index (χ1v) is 7.10. The number of nitrogens with zero attached hydrogens (tertiary/aromatic N) is 5. The minimum Gasteiger partial charge on any atom is -0.394 e. The molecule has 12 heteroatoms. The average Bonchev–Trinajstić information content (AvgIpc) is 2.99. The fourth-order valence-electron chi connectivity index (χ4n) is 2.50. The Balaban J connectivity index is 2.29. The highest BCUT2D eigenvalue weighted by Gasteiger charge is 2.69. The molecule has 23 heavy (non-hydrogen) atoms. The number of hydrogen-bond donors (Lipinski definition) is 4. The van der Waals surface area contributed by atoms with Crippen LogP contribution in [0.3, 0.4) is 0 Å². The molecule has 122 valence electrons. The van der Waals surface area contributed by atoms with E-state index in [-0.39, 0.29) is 23.1 Å². The van der Waals surface area contributed by atoms with E-state index in [2.05, 4.69) is 31.0 Å². The molecule has 0 aliphatic carbocycles. The number of hydrogen-bond acceptors (Lipinski definition) is 9. The first-order chi connectivity index (χ1) is 10.8. The fourth-order valence-corrected chi connectivity index (χ4v) is 3.18. The van der Waals surface area contributed by atoms with E-state index in [9.17, 15) is 15.5 Å². The van der Waals surface area contributed by atoms with E-state index >= 15 is 4.39 Å². The number of alkyl halides is 2. The average molecular weight is 388 g/mol. The summed E-state index contributed by atoms with van der Waals surface area (Å²) in [7, 11) is 0. The number of aliphatic hydroxyl groups is 2. The third-order valence-electron chi connectivity index (χ3n) is 3.62. The summed E-state index contributed by atoms with van der Waals surface area (Å²) in [6, 6.07) is 1.68. The number of anilines is 2. The van der Waals surface area contributed by atoms with Crippen LogP contribution in [0.25, 0.3) is 5.65 Å². The molecule has 6 N–H and O–H groups in total. The smallest absolute Gasteiger partial charge is 0.245 e. The van der Waals surface area contributed by atoms with Crippen molar-refractivity contribution in [3.05, 3.63) is 11.9 Å². The standard InChI is InChI=1S/C11H11BrFN7O3/c12-11(13)6(22)4(2-21)23-10(11,3-14)5-1-17-8-7(15)18-9(16)19-20(5)8/h1,4,6,21-22H,2H2,(H4,15,16,18,19)/t4-,6+,10+,11?/m1/s1. The Morgan fingerprint density at radius 1 is 1.57 bits per heavy atom. The van der Waals surface area contributed by atoms with Gasteiger partial charge in [0.2, 0.25) is 16.1 Å². The van der Waals surface area contributed by atoms with Crippen molar-refractivity contribution < 1.29 is 19.3 Å². The van der Waals surface area contributed by atoms with E-state index in [0.717, 1.165) is 10.7 Å². The number of aliphatic hydroxyl groups excluding tert-OH is 2. The van der Waals surface area contributed by atoms with Crippen LogP contribution < -0.4 is 11.5 Å². The normalized spacial score (nSPS) is 33.9. The van der Waals surface area contributed by atoms with Crippen LogP contribution in [0.1, 0.15) is 5.69 Å². The van der Waals surface area contributed by atoms with E-state index in [1.807, 2.05) is 0 Å². The second kappa shape index (κ2) is 4.96. The zero-order chi connectivity index (χ0) is 17.0. The molecule has 0 spiro atoms. The molecule has 0 amide bonds. The summed E-state index contributed by atoms with van der Waals surface area (Å²) < 4.78 is 18.7. The highest BCUT2D eigenvalue weighted by Crippen LogP contribution is 2.53. The molecule has 0 saturated carbocycles. The fraction of sp³-hybridized carbons (Fsp3) is 0.455. The third-order valence-corrected chi connectivity index (χ3v) is 4.65. The summed E-state index contributed by atoms with van der Waals surface area (Å²) in [5.41, 5.74) is 8.72. The van der Waals surface area contributed by atoms with Crippen molar-refractivity contribution in [2.75, 3.05) is 18.1 Å². The van der Waals surface area contributed by atoms with Crippen molar-refractivity contribution in [3.63, 3.8) is 0 Å². The van der Waals surface area contributed by atoms with Gasteiger partial charge in [0.15, 0.2) is 11.5 Å². The second-order valence-electron chi connectivity index (χ2n) is 4.93. The van der Waals surface area contributed by atoms with Gasteiger partial charge in [-0.3, -0.25) is 0 Å². The number of rotatable bonds is 2. The van der Waals surface area contributed by atoms with Crippen molar-refractivity contribution >= 4 is 33.3 Å².